The SMILES string of the molecule is COc1cc(C(O)Cc2cccc(C)c2)cc2c1OCO2. The first-order valence-corrected chi connectivity index (χ1v) is 6.88. The molecule has 1 heterocycles. The van der Waals surface area contributed by atoms with Crippen LogP contribution >= 0.6 is 0 Å². The van der Waals surface area contributed by atoms with Crippen molar-refractivity contribution in [1.29, 1.82) is 0 Å². The molecular weight excluding hydrogens is 268 g/mol. The van der Waals surface area contributed by atoms with Crippen molar-refractivity contribution in [2.24, 2.45) is 0 Å². The van der Waals surface area contributed by atoms with Crippen LogP contribution in [-0.4, -0.2) is 19.0 Å². The zero-order valence-corrected chi connectivity index (χ0v) is 12.1. The van der Waals surface area contributed by atoms with Crippen molar-refractivity contribution < 1.29 is 19.3 Å². The monoisotopic (exact) mass is 286 g/mol. The molecular formula is C17H18O4. The predicted octanol–water partition coefficient (Wildman–Crippen LogP) is 3.01. The van der Waals surface area contributed by atoms with Crippen molar-refractivity contribution >= 4 is 0 Å². The van der Waals surface area contributed by atoms with Crippen molar-refractivity contribution in [3.63, 3.8) is 0 Å². The standard InChI is InChI=1S/C17H18O4/c1-11-4-3-5-12(6-11)7-14(18)13-8-15(19-2)17-16(9-13)20-10-21-17/h3-6,8-9,14,18H,7,10H2,1-2H3. The molecule has 0 bridgehead atoms. The Balaban J connectivity index is 1.86. The van der Waals surface area contributed by atoms with Crippen LogP contribution in [0.1, 0.15) is 22.8 Å². The third-order valence-electron chi connectivity index (χ3n) is 3.58. The Hall–Kier alpha value is -2.20. The molecule has 2 aromatic carbocycles. The van der Waals surface area contributed by atoms with Gasteiger partial charge in [-0.15, -0.1) is 0 Å². The number of methoxy groups -OCH3 is 1. The summed E-state index contributed by atoms with van der Waals surface area (Å²) in [5.74, 6) is 1.81. The van der Waals surface area contributed by atoms with Gasteiger partial charge in [0.1, 0.15) is 0 Å². The smallest absolute Gasteiger partial charge is 0.231 e. The molecule has 3 rings (SSSR count). The molecule has 110 valence electrons. The lowest BCUT2D eigenvalue weighted by molar-refractivity contribution is 0.170. The minimum absolute atomic E-state index is 0.184. The molecule has 21 heavy (non-hydrogen) atoms. The van der Waals surface area contributed by atoms with Crippen LogP contribution in [0.25, 0.3) is 0 Å². The highest BCUT2D eigenvalue weighted by atomic mass is 16.7. The molecule has 0 aliphatic carbocycles. The van der Waals surface area contributed by atoms with E-state index in [2.05, 4.69) is 6.07 Å². The number of hydrogen-bond donors (Lipinski definition) is 1. The summed E-state index contributed by atoms with van der Waals surface area (Å²) in [4.78, 5) is 0. The molecule has 1 aliphatic heterocycles. The predicted molar refractivity (Wildman–Crippen MR) is 79.0 cm³/mol. The number of benzene rings is 2. The summed E-state index contributed by atoms with van der Waals surface area (Å²) in [7, 11) is 1.58. The molecule has 0 aromatic heterocycles. The third kappa shape index (κ3) is 2.81. The van der Waals surface area contributed by atoms with Gasteiger partial charge in [0.05, 0.1) is 13.2 Å². The lowest BCUT2D eigenvalue weighted by atomic mass is 9.99. The Labute approximate surface area is 123 Å². The fourth-order valence-electron chi connectivity index (χ4n) is 2.52. The van der Waals surface area contributed by atoms with Gasteiger partial charge >= 0.3 is 0 Å². The molecule has 0 saturated carbocycles. The van der Waals surface area contributed by atoms with Crippen molar-refractivity contribution in [2.75, 3.05) is 13.9 Å². The highest BCUT2D eigenvalue weighted by Crippen LogP contribution is 2.43. The van der Waals surface area contributed by atoms with E-state index in [1.54, 1.807) is 13.2 Å². The average molecular weight is 286 g/mol. The van der Waals surface area contributed by atoms with Crippen LogP contribution in [0, 0.1) is 6.92 Å². The van der Waals surface area contributed by atoms with Gasteiger partial charge in [-0.2, -0.15) is 0 Å². The molecule has 0 fully saturated rings. The van der Waals surface area contributed by atoms with Gasteiger partial charge < -0.3 is 19.3 Å². The molecule has 4 heteroatoms. The first-order valence-electron chi connectivity index (χ1n) is 6.88. The third-order valence-corrected chi connectivity index (χ3v) is 3.58. The number of ether oxygens (including phenoxy) is 3. The molecule has 0 amide bonds. The first kappa shape index (κ1) is 13.8. The lowest BCUT2D eigenvalue weighted by Crippen LogP contribution is -2.02. The summed E-state index contributed by atoms with van der Waals surface area (Å²) >= 11 is 0. The van der Waals surface area contributed by atoms with Crippen LogP contribution in [0.3, 0.4) is 0 Å². The molecule has 0 spiro atoms. The number of fused-ring (bicyclic) bond motifs is 1. The number of aliphatic hydroxyl groups is 1. The number of hydrogen-bond acceptors (Lipinski definition) is 4. The summed E-state index contributed by atoms with van der Waals surface area (Å²) < 4.78 is 16.0. The maximum absolute atomic E-state index is 10.5. The Morgan fingerprint density at radius 3 is 2.86 bits per heavy atom. The zero-order valence-electron chi connectivity index (χ0n) is 12.1. The number of aryl methyl sites for hydroxylation is 1. The highest BCUT2D eigenvalue weighted by molar-refractivity contribution is 5.55. The van der Waals surface area contributed by atoms with E-state index in [9.17, 15) is 5.11 Å². The van der Waals surface area contributed by atoms with Crippen LogP contribution in [0.5, 0.6) is 17.2 Å². The normalized spacial score (nSPS) is 14.0. The minimum Gasteiger partial charge on any atom is -0.493 e. The first-order chi connectivity index (χ1) is 10.2. The quantitative estimate of drug-likeness (QED) is 0.938. The zero-order chi connectivity index (χ0) is 14.8. The van der Waals surface area contributed by atoms with Crippen molar-refractivity contribution in [3.05, 3.63) is 53.1 Å². The minimum atomic E-state index is -0.616. The summed E-state index contributed by atoms with van der Waals surface area (Å²) in [6.07, 6.45) is -0.0694. The van der Waals surface area contributed by atoms with E-state index < -0.39 is 6.10 Å². The average Bonchev–Trinajstić information content (AvgIpc) is 2.94. The molecule has 0 radical (unpaired) electrons. The second-order valence-electron chi connectivity index (χ2n) is 5.17. The maximum atomic E-state index is 10.5. The topological polar surface area (TPSA) is 47.9 Å². The van der Waals surface area contributed by atoms with Gasteiger partial charge in [-0.25, -0.2) is 0 Å². The summed E-state index contributed by atoms with van der Waals surface area (Å²) in [5.41, 5.74) is 3.04. The van der Waals surface area contributed by atoms with Gasteiger partial charge in [-0.1, -0.05) is 29.8 Å². The molecule has 1 unspecified atom stereocenters. The largest absolute Gasteiger partial charge is 0.493 e. The van der Waals surface area contributed by atoms with Gasteiger partial charge in [-0.3, -0.25) is 0 Å². The maximum Gasteiger partial charge on any atom is 0.231 e. The number of rotatable bonds is 4. The highest BCUT2D eigenvalue weighted by Gasteiger charge is 2.22. The van der Waals surface area contributed by atoms with E-state index in [0.29, 0.717) is 23.7 Å². The van der Waals surface area contributed by atoms with Gasteiger partial charge in [0, 0.05) is 6.42 Å². The summed E-state index contributed by atoms with van der Waals surface area (Å²) in [6.45, 7) is 2.22. The number of aliphatic hydroxyl groups excluding tert-OH is 1. The van der Waals surface area contributed by atoms with E-state index >= 15 is 0 Å². The van der Waals surface area contributed by atoms with E-state index in [0.717, 1.165) is 11.1 Å². The van der Waals surface area contributed by atoms with Crippen LogP contribution in [0.2, 0.25) is 0 Å². The lowest BCUT2D eigenvalue weighted by Gasteiger charge is -2.14. The second-order valence-corrected chi connectivity index (χ2v) is 5.17. The van der Waals surface area contributed by atoms with Crippen LogP contribution in [0.15, 0.2) is 36.4 Å². The Kier molecular flexibility index (Phi) is 3.71. The summed E-state index contributed by atoms with van der Waals surface area (Å²) in [6, 6.07) is 11.7. The molecule has 1 atom stereocenters. The van der Waals surface area contributed by atoms with Gasteiger partial charge in [0.2, 0.25) is 12.5 Å². The van der Waals surface area contributed by atoms with Crippen LogP contribution < -0.4 is 14.2 Å². The van der Waals surface area contributed by atoms with Crippen molar-refractivity contribution in [3.8, 4) is 17.2 Å². The fourth-order valence-corrected chi connectivity index (χ4v) is 2.52. The fraction of sp³-hybridized carbons (Fsp3) is 0.294. The second kappa shape index (κ2) is 5.66. The molecule has 0 saturated heterocycles. The molecule has 2 aromatic rings. The van der Waals surface area contributed by atoms with Gasteiger partial charge in [-0.05, 0) is 30.2 Å². The molecule has 4 nitrogen and oxygen atoms in total. The van der Waals surface area contributed by atoms with Crippen molar-refractivity contribution in [1.82, 2.24) is 0 Å². The van der Waals surface area contributed by atoms with Crippen LogP contribution in [0.4, 0.5) is 0 Å². The Bertz CT molecular complexity index is 651. The Morgan fingerprint density at radius 1 is 1.24 bits per heavy atom. The van der Waals surface area contributed by atoms with Gasteiger partial charge in [0.25, 0.3) is 0 Å². The van der Waals surface area contributed by atoms with Crippen molar-refractivity contribution in [2.45, 2.75) is 19.4 Å². The molecule has 1 aliphatic rings. The van der Waals surface area contributed by atoms with E-state index in [-0.39, 0.29) is 6.79 Å². The summed E-state index contributed by atoms with van der Waals surface area (Å²) in [5, 5.41) is 10.5. The Morgan fingerprint density at radius 2 is 2.10 bits per heavy atom. The van der Waals surface area contributed by atoms with Crippen LogP contribution in [-0.2, 0) is 6.42 Å². The van der Waals surface area contributed by atoms with E-state index in [1.165, 1.54) is 5.56 Å². The van der Waals surface area contributed by atoms with Gasteiger partial charge in [0.15, 0.2) is 11.5 Å². The van der Waals surface area contributed by atoms with E-state index in [4.69, 9.17) is 14.2 Å². The van der Waals surface area contributed by atoms with E-state index in [1.807, 2.05) is 31.2 Å². The molecule has 1 N–H and O–H groups in total.